The molecule has 0 N–H and O–H groups in total. The fraction of sp³-hybridized carbons (Fsp3) is 0.333. The van der Waals surface area contributed by atoms with Crippen molar-refractivity contribution in [2.24, 2.45) is 0 Å². The van der Waals surface area contributed by atoms with E-state index in [0.717, 1.165) is 20.8 Å². The van der Waals surface area contributed by atoms with Gasteiger partial charge in [0.05, 0.1) is 12.1 Å². The number of aromatic nitrogens is 2. The van der Waals surface area contributed by atoms with Crippen LogP contribution < -0.4 is 11.2 Å². The van der Waals surface area contributed by atoms with Crippen molar-refractivity contribution < 1.29 is 17.6 Å². The van der Waals surface area contributed by atoms with Crippen LogP contribution in [-0.4, -0.2) is 15.3 Å². The Kier molecular flexibility index (Phi) is 5.91. The van der Waals surface area contributed by atoms with Crippen molar-refractivity contribution >= 4 is 0 Å². The molecule has 3 rings (SSSR count). The summed E-state index contributed by atoms with van der Waals surface area (Å²) in [5, 5.41) is 0. The van der Waals surface area contributed by atoms with E-state index in [4.69, 9.17) is 0 Å². The molecule has 0 atom stereocenters. The molecule has 4 nitrogen and oxygen atoms in total. The van der Waals surface area contributed by atoms with E-state index < -0.39 is 40.9 Å². The number of hydrogen-bond acceptors (Lipinski definition) is 2. The molecule has 29 heavy (non-hydrogen) atoms. The summed E-state index contributed by atoms with van der Waals surface area (Å²) < 4.78 is 56.2. The van der Waals surface area contributed by atoms with Gasteiger partial charge in [0.1, 0.15) is 5.83 Å². The van der Waals surface area contributed by atoms with Crippen LogP contribution >= 0.6 is 0 Å². The van der Waals surface area contributed by atoms with Gasteiger partial charge in [-0.05, 0) is 25.3 Å². The van der Waals surface area contributed by atoms with Gasteiger partial charge < -0.3 is 0 Å². The van der Waals surface area contributed by atoms with Gasteiger partial charge in [-0.25, -0.2) is 9.18 Å². The summed E-state index contributed by atoms with van der Waals surface area (Å²) in [6.07, 6.45) is -3.55. The third-order valence-electron chi connectivity index (χ3n) is 4.94. The van der Waals surface area contributed by atoms with Crippen molar-refractivity contribution in [3.05, 3.63) is 91.5 Å². The summed E-state index contributed by atoms with van der Waals surface area (Å²) in [4.78, 5) is 25.1. The summed E-state index contributed by atoms with van der Waals surface area (Å²) in [6.45, 7) is 0.946. The van der Waals surface area contributed by atoms with Gasteiger partial charge in [0.2, 0.25) is 0 Å². The molecule has 0 fully saturated rings. The van der Waals surface area contributed by atoms with Gasteiger partial charge in [-0.15, -0.1) is 0 Å². The monoisotopic (exact) mass is 408 g/mol. The second kappa shape index (κ2) is 8.23. The lowest BCUT2D eigenvalue weighted by atomic mass is 9.96. The SMILES string of the molecule is Cc1cc(=O)n(CCc2ccccc2)c(=O)n1CC1=C(F)CCC=C1C(F)(F)F. The molecule has 1 aromatic carbocycles. The van der Waals surface area contributed by atoms with Gasteiger partial charge in [-0.2, -0.15) is 13.2 Å². The third kappa shape index (κ3) is 4.58. The number of nitrogens with zero attached hydrogens (tertiary/aromatic N) is 2. The molecule has 154 valence electrons. The van der Waals surface area contributed by atoms with Gasteiger partial charge in [-0.1, -0.05) is 36.4 Å². The van der Waals surface area contributed by atoms with E-state index >= 15 is 0 Å². The highest BCUT2D eigenvalue weighted by atomic mass is 19.4. The molecule has 2 aromatic rings. The number of benzene rings is 1. The number of rotatable bonds is 5. The second-order valence-corrected chi connectivity index (χ2v) is 6.92. The number of allylic oxidation sites excluding steroid dienone is 4. The van der Waals surface area contributed by atoms with E-state index in [9.17, 15) is 27.2 Å². The lowest BCUT2D eigenvalue weighted by molar-refractivity contribution is -0.0904. The van der Waals surface area contributed by atoms with Gasteiger partial charge >= 0.3 is 11.9 Å². The van der Waals surface area contributed by atoms with Crippen LogP contribution in [0.2, 0.25) is 0 Å². The highest BCUT2D eigenvalue weighted by molar-refractivity contribution is 5.39. The number of halogens is 4. The lowest BCUT2D eigenvalue weighted by Crippen LogP contribution is -2.41. The molecule has 0 radical (unpaired) electrons. The molecule has 1 aliphatic rings. The predicted octanol–water partition coefficient (Wildman–Crippen LogP) is 4.07. The largest absolute Gasteiger partial charge is 0.416 e. The number of hydrogen-bond donors (Lipinski definition) is 0. The number of alkyl halides is 3. The minimum atomic E-state index is -4.72. The third-order valence-corrected chi connectivity index (χ3v) is 4.94. The Morgan fingerprint density at radius 1 is 1.07 bits per heavy atom. The number of aryl methyl sites for hydroxylation is 2. The maximum atomic E-state index is 14.3. The Morgan fingerprint density at radius 2 is 1.76 bits per heavy atom. The van der Waals surface area contributed by atoms with Crippen LogP contribution in [0, 0.1) is 6.92 Å². The minimum absolute atomic E-state index is 0.0470. The molecule has 1 aromatic heterocycles. The molecule has 0 saturated carbocycles. The van der Waals surface area contributed by atoms with Crippen molar-refractivity contribution in [1.29, 1.82) is 0 Å². The zero-order valence-corrected chi connectivity index (χ0v) is 15.8. The van der Waals surface area contributed by atoms with Crippen molar-refractivity contribution in [3.63, 3.8) is 0 Å². The first-order valence-corrected chi connectivity index (χ1v) is 9.19. The summed E-state index contributed by atoms with van der Waals surface area (Å²) in [5.41, 5.74) is -1.81. The van der Waals surface area contributed by atoms with Crippen molar-refractivity contribution in [3.8, 4) is 0 Å². The van der Waals surface area contributed by atoms with Crippen LogP contribution in [0.15, 0.2) is 69.0 Å². The van der Waals surface area contributed by atoms with Crippen LogP contribution in [-0.2, 0) is 19.5 Å². The van der Waals surface area contributed by atoms with E-state index in [2.05, 4.69) is 0 Å². The molecular formula is C21H20F4N2O2. The summed E-state index contributed by atoms with van der Waals surface area (Å²) >= 11 is 0. The topological polar surface area (TPSA) is 44.0 Å². The average molecular weight is 408 g/mol. The van der Waals surface area contributed by atoms with Crippen molar-refractivity contribution in [2.75, 3.05) is 0 Å². The molecule has 0 saturated heterocycles. The van der Waals surface area contributed by atoms with E-state index in [1.165, 1.54) is 13.0 Å². The van der Waals surface area contributed by atoms with Crippen LogP contribution in [0.1, 0.15) is 24.1 Å². The average Bonchev–Trinajstić information content (AvgIpc) is 2.65. The van der Waals surface area contributed by atoms with Crippen molar-refractivity contribution in [2.45, 2.75) is 45.5 Å². The zero-order chi connectivity index (χ0) is 21.2. The van der Waals surface area contributed by atoms with Gasteiger partial charge in [0, 0.05) is 30.3 Å². The first-order valence-electron chi connectivity index (χ1n) is 9.19. The first-order chi connectivity index (χ1) is 13.7. The Balaban J connectivity index is 1.97. The van der Waals surface area contributed by atoms with Gasteiger partial charge in [-0.3, -0.25) is 13.9 Å². The maximum absolute atomic E-state index is 14.3. The second-order valence-electron chi connectivity index (χ2n) is 6.92. The molecule has 0 spiro atoms. The Bertz CT molecular complexity index is 1080. The van der Waals surface area contributed by atoms with Gasteiger partial charge in [0.25, 0.3) is 5.56 Å². The predicted molar refractivity (Wildman–Crippen MR) is 101 cm³/mol. The molecule has 1 heterocycles. The molecule has 0 bridgehead atoms. The molecule has 0 amide bonds. The van der Waals surface area contributed by atoms with Crippen LogP contribution in [0.4, 0.5) is 17.6 Å². The zero-order valence-electron chi connectivity index (χ0n) is 15.8. The van der Waals surface area contributed by atoms with Crippen LogP contribution in [0.3, 0.4) is 0 Å². The van der Waals surface area contributed by atoms with E-state index in [1.807, 2.05) is 30.3 Å². The molecule has 0 aliphatic heterocycles. The molecule has 1 aliphatic carbocycles. The van der Waals surface area contributed by atoms with E-state index in [-0.39, 0.29) is 25.1 Å². The normalized spacial score (nSPS) is 14.9. The standard InChI is InChI=1S/C21H20F4N2O2/c1-14-12-19(28)26(11-10-15-6-3-2-4-7-15)20(29)27(14)13-16-17(21(23,24)25)8-5-9-18(16)22/h2-4,6-8,12H,5,9-11,13H2,1H3. The van der Waals surface area contributed by atoms with Gasteiger partial charge in [0.15, 0.2) is 0 Å². The minimum Gasteiger partial charge on any atom is -0.293 e. The highest BCUT2D eigenvalue weighted by Gasteiger charge is 2.38. The molecular weight excluding hydrogens is 388 g/mol. The summed E-state index contributed by atoms with van der Waals surface area (Å²) in [6, 6.07) is 10.4. The Morgan fingerprint density at radius 3 is 2.41 bits per heavy atom. The van der Waals surface area contributed by atoms with E-state index in [1.54, 1.807) is 0 Å². The highest BCUT2D eigenvalue weighted by Crippen LogP contribution is 2.38. The summed E-state index contributed by atoms with van der Waals surface area (Å²) in [7, 11) is 0. The smallest absolute Gasteiger partial charge is 0.293 e. The summed E-state index contributed by atoms with van der Waals surface area (Å²) in [5.74, 6) is -0.881. The first kappa shape index (κ1) is 20.8. The quantitative estimate of drug-likeness (QED) is 0.701. The maximum Gasteiger partial charge on any atom is 0.416 e. The van der Waals surface area contributed by atoms with Crippen molar-refractivity contribution in [1.82, 2.24) is 9.13 Å². The Hall–Kier alpha value is -2.90. The molecule has 0 unspecified atom stereocenters. The fourth-order valence-electron chi connectivity index (χ4n) is 3.39. The lowest BCUT2D eigenvalue weighted by Gasteiger charge is -2.22. The van der Waals surface area contributed by atoms with E-state index in [0.29, 0.717) is 6.42 Å². The van der Waals surface area contributed by atoms with Crippen LogP contribution in [0.25, 0.3) is 0 Å². The fourth-order valence-corrected chi connectivity index (χ4v) is 3.39. The van der Waals surface area contributed by atoms with Crippen LogP contribution in [0.5, 0.6) is 0 Å². The molecule has 8 heteroatoms. The Labute approximate surface area is 164 Å².